The molecule has 5 nitrogen and oxygen atoms in total. The Morgan fingerprint density at radius 1 is 1.28 bits per heavy atom. The normalized spacial score (nSPS) is 13.7. The van der Waals surface area contributed by atoms with Gasteiger partial charge in [0.15, 0.2) is 0 Å². The van der Waals surface area contributed by atoms with E-state index in [4.69, 9.17) is 5.11 Å². The Morgan fingerprint density at radius 2 is 1.94 bits per heavy atom. The van der Waals surface area contributed by atoms with Gasteiger partial charge >= 0.3 is 12.0 Å². The molecule has 0 saturated heterocycles. The second-order valence-corrected chi connectivity index (χ2v) is 5.49. The molecule has 0 aliphatic carbocycles. The number of carbonyl (C=O) groups is 2. The molecule has 106 valence electrons. The van der Waals surface area contributed by atoms with E-state index in [1.54, 1.807) is 18.7 Å². The summed E-state index contributed by atoms with van der Waals surface area (Å²) in [5.74, 6) is 0.343. The van der Waals surface area contributed by atoms with Crippen LogP contribution in [0.4, 0.5) is 4.79 Å². The van der Waals surface area contributed by atoms with Crippen LogP contribution in [0.2, 0.25) is 0 Å². The first-order valence-electron chi connectivity index (χ1n) is 6.20. The highest BCUT2D eigenvalue weighted by atomic mass is 32.2. The molecule has 0 aromatic rings. The number of amides is 2. The van der Waals surface area contributed by atoms with E-state index >= 15 is 0 Å². The molecule has 0 fully saturated rings. The predicted octanol–water partition coefficient (Wildman–Crippen LogP) is 1.79. The highest BCUT2D eigenvalue weighted by Crippen LogP contribution is 2.04. The molecule has 0 aliphatic rings. The Balaban J connectivity index is 3.51. The zero-order valence-corrected chi connectivity index (χ0v) is 12.2. The summed E-state index contributed by atoms with van der Waals surface area (Å²) in [6, 6.07) is -0.175. The quantitative estimate of drug-likeness (QED) is 0.561. The molecule has 0 aliphatic heterocycles. The van der Waals surface area contributed by atoms with Gasteiger partial charge in [0.25, 0.3) is 0 Å². The van der Waals surface area contributed by atoms with Gasteiger partial charge in [-0.15, -0.1) is 0 Å². The first kappa shape index (κ1) is 17.1. The molecule has 0 radical (unpaired) electrons. The lowest BCUT2D eigenvalue weighted by Gasteiger charge is -2.12. The van der Waals surface area contributed by atoms with E-state index in [-0.39, 0.29) is 11.9 Å². The Morgan fingerprint density at radius 3 is 2.50 bits per heavy atom. The number of rotatable bonds is 9. The number of urea groups is 1. The zero-order valence-electron chi connectivity index (χ0n) is 11.4. The average molecular weight is 276 g/mol. The van der Waals surface area contributed by atoms with Crippen LogP contribution in [0, 0.1) is 11.8 Å². The van der Waals surface area contributed by atoms with E-state index in [0.717, 1.165) is 5.75 Å². The lowest BCUT2D eigenvalue weighted by Crippen LogP contribution is -2.38. The van der Waals surface area contributed by atoms with Crippen LogP contribution < -0.4 is 10.6 Å². The first-order valence-corrected chi connectivity index (χ1v) is 7.60. The number of hydrogen-bond acceptors (Lipinski definition) is 3. The van der Waals surface area contributed by atoms with Gasteiger partial charge in [-0.25, -0.2) is 4.79 Å². The Labute approximate surface area is 113 Å². The van der Waals surface area contributed by atoms with Gasteiger partial charge in [0, 0.05) is 13.1 Å². The van der Waals surface area contributed by atoms with Gasteiger partial charge in [-0.1, -0.05) is 13.8 Å². The average Bonchev–Trinajstić information content (AvgIpc) is 2.32. The van der Waals surface area contributed by atoms with Crippen LogP contribution in [0.5, 0.6) is 0 Å². The first-order chi connectivity index (χ1) is 8.47. The third-order valence-corrected chi connectivity index (χ3v) is 3.49. The molecule has 2 amide bonds. The lowest BCUT2D eigenvalue weighted by molar-refractivity contribution is -0.141. The van der Waals surface area contributed by atoms with Crippen LogP contribution in [-0.4, -0.2) is 42.2 Å². The van der Waals surface area contributed by atoms with E-state index in [2.05, 4.69) is 17.6 Å². The fourth-order valence-electron chi connectivity index (χ4n) is 1.41. The number of aliphatic carboxylic acids is 1. The Hall–Kier alpha value is -0.910. The zero-order chi connectivity index (χ0) is 14.0. The van der Waals surface area contributed by atoms with E-state index in [0.29, 0.717) is 31.8 Å². The number of thioether (sulfide) groups is 1. The van der Waals surface area contributed by atoms with Crippen molar-refractivity contribution >= 4 is 23.8 Å². The molecule has 0 saturated carbocycles. The molecule has 2 atom stereocenters. The lowest BCUT2D eigenvalue weighted by atomic mass is 10.1. The summed E-state index contributed by atoms with van der Waals surface area (Å²) in [6.07, 6.45) is 3.31. The molecule has 0 heterocycles. The highest BCUT2D eigenvalue weighted by molar-refractivity contribution is 7.98. The van der Waals surface area contributed by atoms with Gasteiger partial charge in [-0.2, -0.15) is 11.8 Å². The van der Waals surface area contributed by atoms with Crippen LogP contribution in [0.3, 0.4) is 0 Å². The van der Waals surface area contributed by atoms with Gasteiger partial charge in [-0.05, 0) is 30.8 Å². The van der Waals surface area contributed by atoms with E-state index in [1.807, 2.05) is 6.26 Å². The summed E-state index contributed by atoms with van der Waals surface area (Å²) >= 11 is 1.76. The van der Waals surface area contributed by atoms with Crippen LogP contribution in [0.15, 0.2) is 0 Å². The summed E-state index contributed by atoms with van der Waals surface area (Å²) in [5.41, 5.74) is 0. The summed E-state index contributed by atoms with van der Waals surface area (Å²) in [4.78, 5) is 21.9. The molecule has 6 heteroatoms. The van der Waals surface area contributed by atoms with Crippen molar-refractivity contribution < 1.29 is 14.7 Å². The largest absolute Gasteiger partial charge is 0.481 e. The van der Waals surface area contributed by atoms with Crippen molar-refractivity contribution in [2.24, 2.45) is 11.8 Å². The molecule has 3 N–H and O–H groups in total. The number of nitrogens with one attached hydrogen (secondary N) is 2. The van der Waals surface area contributed by atoms with Gasteiger partial charge in [0.2, 0.25) is 0 Å². The second kappa shape index (κ2) is 10.1. The maximum absolute atomic E-state index is 11.4. The maximum Gasteiger partial charge on any atom is 0.314 e. The van der Waals surface area contributed by atoms with Crippen LogP contribution in [0.25, 0.3) is 0 Å². The van der Waals surface area contributed by atoms with Crippen LogP contribution in [0.1, 0.15) is 26.7 Å². The molecular weight excluding hydrogens is 252 g/mol. The number of carboxylic acid groups (broad SMARTS) is 1. The number of carboxylic acids is 1. The van der Waals surface area contributed by atoms with E-state index in [9.17, 15) is 9.59 Å². The highest BCUT2D eigenvalue weighted by Gasteiger charge is 2.10. The van der Waals surface area contributed by atoms with Crippen molar-refractivity contribution in [2.75, 3.05) is 25.1 Å². The molecule has 0 spiro atoms. The molecular formula is C12H24N2O3S. The summed E-state index contributed by atoms with van der Waals surface area (Å²) in [6.45, 7) is 4.94. The monoisotopic (exact) mass is 276 g/mol. The van der Waals surface area contributed by atoms with Crippen LogP contribution in [-0.2, 0) is 4.79 Å². The maximum atomic E-state index is 11.4. The van der Waals surface area contributed by atoms with Gasteiger partial charge in [-0.3, -0.25) is 4.79 Å². The minimum absolute atomic E-state index is 0.175. The smallest absolute Gasteiger partial charge is 0.314 e. The van der Waals surface area contributed by atoms with Crippen molar-refractivity contribution in [1.82, 2.24) is 10.6 Å². The van der Waals surface area contributed by atoms with Crippen molar-refractivity contribution in [3.05, 3.63) is 0 Å². The van der Waals surface area contributed by atoms with Crippen molar-refractivity contribution in [2.45, 2.75) is 26.7 Å². The number of hydrogen-bond donors (Lipinski definition) is 3. The molecule has 2 unspecified atom stereocenters. The van der Waals surface area contributed by atoms with Gasteiger partial charge in [0.05, 0.1) is 5.92 Å². The molecule has 0 bridgehead atoms. The predicted molar refractivity (Wildman–Crippen MR) is 75.0 cm³/mol. The van der Waals surface area contributed by atoms with Crippen molar-refractivity contribution in [1.29, 1.82) is 0 Å². The third kappa shape index (κ3) is 9.15. The second-order valence-electron chi connectivity index (χ2n) is 4.58. The number of carbonyl (C=O) groups excluding carboxylic acids is 1. The van der Waals surface area contributed by atoms with Crippen molar-refractivity contribution in [3.63, 3.8) is 0 Å². The summed E-state index contributed by atoms with van der Waals surface area (Å²) < 4.78 is 0. The van der Waals surface area contributed by atoms with E-state index < -0.39 is 5.97 Å². The van der Waals surface area contributed by atoms with Gasteiger partial charge < -0.3 is 15.7 Å². The van der Waals surface area contributed by atoms with Gasteiger partial charge in [0.1, 0.15) is 0 Å². The minimum atomic E-state index is -0.787. The summed E-state index contributed by atoms with van der Waals surface area (Å²) in [5, 5.41) is 14.2. The third-order valence-electron chi connectivity index (χ3n) is 2.58. The fourth-order valence-corrected chi connectivity index (χ4v) is 2.09. The molecule has 0 aromatic heterocycles. The Kier molecular flexibility index (Phi) is 9.55. The van der Waals surface area contributed by atoms with E-state index in [1.165, 1.54) is 0 Å². The molecule has 18 heavy (non-hydrogen) atoms. The summed E-state index contributed by atoms with van der Waals surface area (Å²) in [7, 11) is 0. The molecule has 0 rings (SSSR count). The topological polar surface area (TPSA) is 78.4 Å². The molecule has 0 aromatic carbocycles. The van der Waals surface area contributed by atoms with Crippen LogP contribution >= 0.6 is 11.8 Å². The minimum Gasteiger partial charge on any atom is -0.481 e. The standard InChI is InChI=1S/C12H24N2O3S/c1-9(8-18-3)7-14-12(17)13-6-4-5-10(2)11(15)16/h9-10H,4-8H2,1-3H3,(H,15,16)(H2,13,14,17). The SMILES string of the molecule is CSCC(C)CNC(=O)NCCCC(C)C(=O)O. The fraction of sp³-hybridized carbons (Fsp3) is 0.833. The van der Waals surface area contributed by atoms with Crippen molar-refractivity contribution in [3.8, 4) is 0 Å². The Bertz CT molecular complexity index is 262.